The fourth-order valence-electron chi connectivity index (χ4n) is 3.57. The molecule has 2 nitrogen and oxygen atoms in total. The van der Waals surface area contributed by atoms with E-state index < -0.39 is 18.4 Å². The van der Waals surface area contributed by atoms with Gasteiger partial charge < -0.3 is 0 Å². The molecule has 1 rings (SSSR count). The summed E-state index contributed by atoms with van der Waals surface area (Å²) in [6.07, 6.45) is 10.8. The second-order valence-corrected chi connectivity index (χ2v) is 20.4. The van der Waals surface area contributed by atoms with Crippen LogP contribution in [0.2, 0.25) is 13.3 Å². The third-order valence-electron chi connectivity index (χ3n) is 5.20. The molecule has 0 spiro atoms. The summed E-state index contributed by atoms with van der Waals surface area (Å²) in [5.74, 6) is 0. The van der Waals surface area contributed by atoms with Gasteiger partial charge in [-0.3, -0.25) is 0 Å². The number of carbonyl (C=O) groups excluding carboxylic acids is 1. The zero-order valence-corrected chi connectivity index (χ0v) is 19.6. The average molecular weight is 450 g/mol. The quantitative estimate of drug-likeness (QED) is 0.271. The van der Waals surface area contributed by atoms with Crippen LogP contribution in [-0.4, -0.2) is 24.8 Å². The van der Waals surface area contributed by atoms with Crippen molar-refractivity contribution in [3.63, 3.8) is 0 Å². The van der Waals surface area contributed by atoms with Crippen LogP contribution in [-0.2, 0) is 4.79 Å². The predicted octanol–water partition coefficient (Wildman–Crippen LogP) is 6.47. The fraction of sp³-hybridized carbons (Fsp3) is 0.591. The molecule has 1 aromatic carbocycles. The topological polar surface area (TPSA) is 29.1 Å². The number of aryl methyl sites for hydroxylation is 1. The summed E-state index contributed by atoms with van der Waals surface area (Å²) in [6.45, 7) is 8.97. The van der Waals surface area contributed by atoms with Crippen molar-refractivity contribution in [1.82, 2.24) is 5.32 Å². The average Bonchev–Trinajstić information content (AvgIpc) is 2.63. The molecule has 3 heteroatoms. The number of hydrogen-bond donors (Lipinski definition) is 1. The first-order valence-corrected chi connectivity index (χ1v) is 17.6. The monoisotopic (exact) mass is 451 g/mol. The molecule has 0 aliphatic carbocycles. The summed E-state index contributed by atoms with van der Waals surface area (Å²) < 4.78 is 5.42. The first-order chi connectivity index (χ1) is 12.1. The number of unbranched alkanes of at least 4 members (excludes halogenated alkanes) is 3. The molecule has 0 aromatic heterocycles. The van der Waals surface area contributed by atoms with Crippen molar-refractivity contribution in [3.8, 4) is 0 Å². The van der Waals surface area contributed by atoms with Crippen LogP contribution in [0.3, 0.4) is 0 Å². The summed E-state index contributed by atoms with van der Waals surface area (Å²) in [5, 5.41) is 3.19. The molecule has 0 radical (unpaired) electrons. The van der Waals surface area contributed by atoms with Crippen LogP contribution in [0.4, 0.5) is 0 Å². The Hall–Kier alpha value is -0.771. The number of carbonyl (C=O) groups is 1. The third-order valence-corrected chi connectivity index (χ3v) is 20.5. The number of hydrogen-bond acceptors (Lipinski definition) is 1. The number of amides is 1. The second-order valence-electron chi connectivity index (χ2n) is 7.32. The Kier molecular flexibility index (Phi) is 11.2. The summed E-state index contributed by atoms with van der Waals surface area (Å²) >= 11 is -2.60. The maximum absolute atomic E-state index is 11.4. The molecule has 25 heavy (non-hydrogen) atoms. The van der Waals surface area contributed by atoms with Crippen LogP contribution in [0.5, 0.6) is 0 Å². The Morgan fingerprint density at radius 1 is 0.920 bits per heavy atom. The van der Waals surface area contributed by atoms with Crippen molar-refractivity contribution in [1.29, 1.82) is 0 Å². The van der Waals surface area contributed by atoms with E-state index in [9.17, 15) is 4.79 Å². The third kappa shape index (κ3) is 7.55. The molecular formula is C22H37NOSn. The van der Waals surface area contributed by atoms with Crippen LogP contribution in [0.25, 0.3) is 6.08 Å². The van der Waals surface area contributed by atoms with Gasteiger partial charge in [0.1, 0.15) is 0 Å². The zero-order chi connectivity index (χ0) is 18.5. The van der Waals surface area contributed by atoms with E-state index in [2.05, 4.69) is 63.4 Å². The number of benzene rings is 1. The van der Waals surface area contributed by atoms with E-state index in [0.717, 1.165) is 6.41 Å². The van der Waals surface area contributed by atoms with Crippen molar-refractivity contribution in [2.24, 2.45) is 0 Å². The summed E-state index contributed by atoms with van der Waals surface area (Å²) in [5.41, 5.74) is 2.50. The molecule has 0 atom stereocenters. The van der Waals surface area contributed by atoms with E-state index in [1.165, 1.54) is 66.7 Å². The molecule has 0 unspecified atom stereocenters. The van der Waals surface area contributed by atoms with Gasteiger partial charge in [0.25, 0.3) is 0 Å². The van der Waals surface area contributed by atoms with Crippen LogP contribution in [0.1, 0.15) is 70.4 Å². The normalized spacial score (nSPS) is 12.2. The molecule has 0 saturated carbocycles. The van der Waals surface area contributed by atoms with Crippen LogP contribution >= 0.6 is 0 Å². The van der Waals surface area contributed by atoms with Gasteiger partial charge in [-0.2, -0.15) is 0 Å². The molecule has 1 N–H and O–H groups in total. The Balaban J connectivity index is 3.27. The standard InChI is InChI=1S/C10H10NO.3C4H9.Sn/c1-9-2-4-10(5-3-9)6-7-11-8-12;3*1-3-4-2;/h2-6,8H,1H3,(H,11,12);3*1,3-4H2,2H3;. The van der Waals surface area contributed by atoms with Gasteiger partial charge in [-0.1, -0.05) is 0 Å². The van der Waals surface area contributed by atoms with Crippen LogP contribution in [0.15, 0.2) is 28.0 Å². The van der Waals surface area contributed by atoms with E-state index >= 15 is 0 Å². The first-order valence-electron chi connectivity index (χ1n) is 10.1. The SMILES string of the molecule is CCC[CH2][Sn]([CH2]CCC)([CH2]CCC)/[C](=C/c1ccc(C)cc1)NC=O. The molecule has 140 valence electrons. The van der Waals surface area contributed by atoms with E-state index in [4.69, 9.17) is 0 Å². The van der Waals surface area contributed by atoms with Crippen molar-refractivity contribution in [3.05, 3.63) is 39.1 Å². The first kappa shape index (κ1) is 22.3. The molecular weight excluding hydrogens is 413 g/mol. The van der Waals surface area contributed by atoms with Gasteiger partial charge in [0.05, 0.1) is 0 Å². The predicted molar refractivity (Wildman–Crippen MR) is 113 cm³/mol. The molecule has 0 saturated heterocycles. The van der Waals surface area contributed by atoms with Crippen molar-refractivity contribution >= 4 is 30.9 Å². The molecule has 0 aliphatic heterocycles. The van der Waals surface area contributed by atoms with E-state index in [1.54, 1.807) is 0 Å². The van der Waals surface area contributed by atoms with Crippen molar-refractivity contribution in [2.75, 3.05) is 0 Å². The van der Waals surface area contributed by atoms with Gasteiger partial charge in [0, 0.05) is 0 Å². The zero-order valence-electron chi connectivity index (χ0n) is 16.7. The summed E-state index contributed by atoms with van der Waals surface area (Å²) in [4.78, 5) is 11.4. The van der Waals surface area contributed by atoms with Crippen LogP contribution < -0.4 is 5.32 Å². The number of rotatable bonds is 13. The molecule has 1 aromatic rings. The fourth-order valence-corrected chi connectivity index (χ4v) is 19.2. The molecule has 0 heterocycles. The number of nitrogens with one attached hydrogen (secondary N) is 1. The van der Waals surface area contributed by atoms with E-state index in [-0.39, 0.29) is 0 Å². The molecule has 0 fully saturated rings. The molecule has 0 bridgehead atoms. The minimum atomic E-state index is -2.60. The van der Waals surface area contributed by atoms with Gasteiger partial charge in [0.2, 0.25) is 0 Å². The Morgan fingerprint density at radius 3 is 1.80 bits per heavy atom. The van der Waals surface area contributed by atoms with Gasteiger partial charge in [-0.15, -0.1) is 0 Å². The summed E-state index contributed by atoms with van der Waals surface area (Å²) in [6, 6.07) is 8.67. The van der Waals surface area contributed by atoms with Crippen molar-refractivity contribution in [2.45, 2.75) is 79.5 Å². The summed E-state index contributed by atoms with van der Waals surface area (Å²) in [7, 11) is 0. The van der Waals surface area contributed by atoms with Gasteiger partial charge in [-0.25, -0.2) is 0 Å². The minimum absolute atomic E-state index is 0.912. The molecule has 1 amide bonds. The van der Waals surface area contributed by atoms with Gasteiger partial charge in [0.15, 0.2) is 0 Å². The van der Waals surface area contributed by atoms with Gasteiger partial charge >= 0.3 is 160 Å². The Morgan fingerprint density at radius 2 is 1.40 bits per heavy atom. The van der Waals surface area contributed by atoms with Crippen LogP contribution in [0, 0.1) is 6.92 Å². The van der Waals surface area contributed by atoms with Gasteiger partial charge in [-0.05, 0) is 0 Å². The Labute approximate surface area is 159 Å². The molecule has 0 aliphatic rings. The van der Waals surface area contributed by atoms with E-state index in [1.807, 2.05) is 0 Å². The second kappa shape index (κ2) is 12.6. The van der Waals surface area contributed by atoms with E-state index in [0.29, 0.717) is 0 Å². The maximum atomic E-state index is 11.4. The van der Waals surface area contributed by atoms with Crippen molar-refractivity contribution < 1.29 is 4.79 Å². The Bertz CT molecular complexity index is 500.